The maximum absolute atomic E-state index is 12.4. The number of esters is 1. The van der Waals surface area contributed by atoms with Crippen molar-refractivity contribution >= 4 is 29.3 Å². The molecule has 1 amide bonds. The quantitative estimate of drug-likeness (QED) is 0.654. The Bertz CT molecular complexity index is 690. The molecule has 0 aliphatic heterocycles. The zero-order valence-electron chi connectivity index (χ0n) is 12.5. The standard InChI is InChI=1S/C18H17NO3S/c20-16(9-6-13-10-11-23-12-13)22-17(14-4-2-1-3-5-14)18(21)19-15-7-8-15/h1-6,9-12,15,17H,7-8H2,(H,19,21)/b9-6+/t17-/m1/s1. The van der Waals surface area contributed by atoms with Crippen LogP contribution in [0.15, 0.2) is 53.2 Å². The summed E-state index contributed by atoms with van der Waals surface area (Å²) in [6.45, 7) is 0. The Kier molecular flexibility index (Phi) is 4.88. The van der Waals surface area contributed by atoms with E-state index in [1.54, 1.807) is 29.5 Å². The highest BCUT2D eigenvalue weighted by molar-refractivity contribution is 7.08. The van der Waals surface area contributed by atoms with Gasteiger partial charge >= 0.3 is 5.97 Å². The fourth-order valence-corrected chi connectivity index (χ4v) is 2.72. The number of amides is 1. The number of ether oxygens (including phenoxy) is 1. The maximum Gasteiger partial charge on any atom is 0.331 e. The number of thiophene rings is 1. The second-order valence-corrected chi connectivity index (χ2v) is 6.18. The van der Waals surface area contributed by atoms with Crippen LogP contribution in [-0.4, -0.2) is 17.9 Å². The van der Waals surface area contributed by atoms with E-state index in [0.717, 1.165) is 18.4 Å². The molecule has 1 aliphatic rings. The molecule has 2 aromatic rings. The molecular weight excluding hydrogens is 310 g/mol. The number of nitrogens with one attached hydrogen (secondary N) is 1. The van der Waals surface area contributed by atoms with Crippen LogP contribution in [0, 0.1) is 0 Å². The van der Waals surface area contributed by atoms with Gasteiger partial charge in [-0.2, -0.15) is 11.3 Å². The van der Waals surface area contributed by atoms with Gasteiger partial charge in [0.05, 0.1) is 0 Å². The lowest BCUT2D eigenvalue weighted by Crippen LogP contribution is -2.33. The van der Waals surface area contributed by atoms with Crippen molar-refractivity contribution in [1.82, 2.24) is 5.32 Å². The Hall–Kier alpha value is -2.40. The van der Waals surface area contributed by atoms with Crippen LogP contribution >= 0.6 is 11.3 Å². The number of carbonyl (C=O) groups is 2. The first-order chi connectivity index (χ1) is 11.2. The molecule has 23 heavy (non-hydrogen) atoms. The average Bonchev–Trinajstić information content (AvgIpc) is 3.22. The topological polar surface area (TPSA) is 55.4 Å². The molecule has 1 fully saturated rings. The lowest BCUT2D eigenvalue weighted by molar-refractivity contribution is -0.151. The summed E-state index contributed by atoms with van der Waals surface area (Å²) >= 11 is 1.55. The Balaban J connectivity index is 1.69. The molecule has 4 nitrogen and oxygen atoms in total. The van der Waals surface area contributed by atoms with Gasteiger partial charge in [0, 0.05) is 17.7 Å². The molecule has 1 saturated carbocycles. The molecule has 0 unspecified atom stereocenters. The van der Waals surface area contributed by atoms with E-state index in [4.69, 9.17) is 4.74 Å². The van der Waals surface area contributed by atoms with E-state index in [-0.39, 0.29) is 11.9 Å². The van der Waals surface area contributed by atoms with E-state index in [1.807, 2.05) is 35.0 Å². The molecule has 1 atom stereocenters. The molecule has 1 heterocycles. The largest absolute Gasteiger partial charge is 0.444 e. The fourth-order valence-electron chi connectivity index (χ4n) is 2.09. The second kappa shape index (κ2) is 7.24. The molecule has 0 radical (unpaired) electrons. The molecule has 3 rings (SSSR count). The SMILES string of the molecule is O=C(/C=C/c1ccsc1)O[C@@H](C(=O)NC1CC1)c1ccccc1. The van der Waals surface area contributed by atoms with Gasteiger partial charge in [-0.3, -0.25) is 4.79 Å². The lowest BCUT2D eigenvalue weighted by atomic mass is 10.1. The Morgan fingerprint density at radius 1 is 1.22 bits per heavy atom. The monoisotopic (exact) mass is 327 g/mol. The molecule has 0 saturated heterocycles. The number of carbonyl (C=O) groups excluding carboxylic acids is 2. The molecule has 1 N–H and O–H groups in total. The van der Waals surface area contributed by atoms with E-state index in [0.29, 0.717) is 5.56 Å². The van der Waals surface area contributed by atoms with E-state index in [9.17, 15) is 9.59 Å². The summed E-state index contributed by atoms with van der Waals surface area (Å²) in [6.07, 6.45) is 4.08. The fraction of sp³-hybridized carbons (Fsp3) is 0.222. The zero-order valence-corrected chi connectivity index (χ0v) is 13.3. The molecule has 5 heteroatoms. The van der Waals surface area contributed by atoms with Gasteiger partial charge < -0.3 is 10.1 Å². The van der Waals surface area contributed by atoms with E-state index in [2.05, 4.69) is 5.32 Å². The normalized spacial score (nSPS) is 15.3. The zero-order chi connectivity index (χ0) is 16.1. The van der Waals surface area contributed by atoms with Crippen molar-refractivity contribution in [3.63, 3.8) is 0 Å². The van der Waals surface area contributed by atoms with E-state index in [1.165, 1.54) is 6.08 Å². The van der Waals surface area contributed by atoms with Crippen molar-refractivity contribution in [2.75, 3.05) is 0 Å². The number of hydrogen-bond acceptors (Lipinski definition) is 4. The van der Waals surface area contributed by atoms with Gasteiger partial charge in [0.1, 0.15) is 0 Å². The molecule has 0 bridgehead atoms. The van der Waals surface area contributed by atoms with Gasteiger partial charge in [0.2, 0.25) is 6.10 Å². The van der Waals surface area contributed by atoms with E-state index >= 15 is 0 Å². The lowest BCUT2D eigenvalue weighted by Gasteiger charge is -2.17. The summed E-state index contributed by atoms with van der Waals surface area (Å²) in [4.78, 5) is 24.4. The highest BCUT2D eigenvalue weighted by Crippen LogP contribution is 2.23. The molecule has 0 spiro atoms. The molecule has 1 aromatic heterocycles. The molecular formula is C18H17NO3S. The molecule has 118 valence electrons. The number of hydrogen-bond donors (Lipinski definition) is 1. The highest BCUT2D eigenvalue weighted by Gasteiger charge is 2.30. The van der Waals surface area contributed by atoms with Crippen LogP contribution in [0.1, 0.15) is 30.1 Å². The van der Waals surface area contributed by atoms with Crippen LogP contribution < -0.4 is 5.32 Å². The van der Waals surface area contributed by atoms with Gasteiger partial charge in [-0.25, -0.2) is 4.79 Å². The predicted octanol–water partition coefficient (Wildman–Crippen LogP) is 3.32. The van der Waals surface area contributed by atoms with E-state index < -0.39 is 12.1 Å². The van der Waals surface area contributed by atoms with Crippen molar-refractivity contribution in [3.8, 4) is 0 Å². The third kappa shape index (κ3) is 4.53. The van der Waals surface area contributed by atoms with Crippen molar-refractivity contribution in [2.45, 2.75) is 25.0 Å². The summed E-state index contributed by atoms with van der Waals surface area (Å²) in [7, 11) is 0. The van der Waals surface area contributed by atoms with Crippen molar-refractivity contribution in [2.24, 2.45) is 0 Å². The minimum absolute atomic E-state index is 0.216. The van der Waals surface area contributed by atoms with Crippen LogP contribution in [0.5, 0.6) is 0 Å². The summed E-state index contributed by atoms with van der Waals surface area (Å²) in [6, 6.07) is 11.2. The second-order valence-electron chi connectivity index (χ2n) is 5.40. The van der Waals surface area contributed by atoms with Gasteiger partial charge in [-0.1, -0.05) is 30.3 Å². The van der Waals surface area contributed by atoms with Crippen molar-refractivity contribution in [3.05, 3.63) is 64.4 Å². The Morgan fingerprint density at radius 3 is 2.65 bits per heavy atom. The van der Waals surface area contributed by atoms with Gasteiger partial charge in [0.15, 0.2) is 0 Å². The summed E-state index contributed by atoms with van der Waals surface area (Å²) in [5.41, 5.74) is 1.61. The summed E-state index contributed by atoms with van der Waals surface area (Å²) in [5.74, 6) is -0.799. The predicted molar refractivity (Wildman–Crippen MR) is 89.8 cm³/mol. The van der Waals surface area contributed by atoms with Crippen LogP contribution in [-0.2, 0) is 14.3 Å². The minimum atomic E-state index is -0.920. The van der Waals surface area contributed by atoms with Gasteiger partial charge in [0.25, 0.3) is 5.91 Å². The third-order valence-corrected chi connectivity index (χ3v) is 4.15. The number of benzene rings is 1. The smallest absolute Gasteiger partial charge is 0.331 e. The Labute approximate surface area is 138 Å². The molecule has 1 aromatic carbocycles. The van der Waals surface area contributed by atoms with Crippen molar-refractivity contribution in [1.29, 1.82) is 0 Å². The number of rotatable bonds is 6. The van der Waals surface area contributed by atoms with Crippen LogP contribution in [0.4, 0.5) is 0 Å². The first-order valence-corrected chi connectivity index (χ1v) is 8.43. The minimum Gasteiger partial charge on any atom is -0.444 e. The average molecular weight is 327 g/mol. The van der Waals surface area contributed by atoms with Crippen molar-refractivity contribution < 1.29 is 14.3 Å². The first-order valence-electron chi connectivity index (χ1n) is 7.48. The Morgan fingerprint density at radius 2 is 2.00 bits per heavy atom. The maximum atomic E-state index is 12.4. The van der Waals surface area contributed by atoms with Crippen LogP contribution in [0.2, 0.25) is 0 Å². The third-order valence-electron chi connectivity index (χ3n) is 3.45. The highest BCUT2D eigenvalue weighted by atomic mass is 32.1. The molecule has 1 aliphatic carbocycles. The van der Waals surface area contributed by atoms with Crippen LogP contribution in [0.25, 0.3) is 6.08 Å². The summed E-state index contributed by atoms with van der Waals surface area (Å²) < 4.78 is 5.39. The van der Waals surface area contributed by atoms with Gasteiger partial charge in [-0.05, 0) is 41.3 Å². The van der Waals surface area contributed by atoms with Crippen LogP contribution in [0.3, 0.4) is 0 Å². The van der Waals surface area contributed by atoms with Gasteiger partial charge in [-0.15, -0.1) is 0 Å². The first kappa shape index (κ1) is 15.5. The summed E-state index contributed by atoms with van der Waals surface area (Å²) in [5, 5.41) is 6.75.